The summed E-state index contributed by atoms with van der Waals surface area (Å²) in [6, 6.07) is 2.58. The smallest absolute Gasteiger partial charge is 0.298 e. The monoisotopic (exact) mass is 337 g/mol. The van der Waals surface area contributed by atoms with Crippen LogP contribution >= 0.6 is 23.2 Å². The van der Waals surface area contributed by atoms with Gasteiger partial charge in [-0.1, -0.05) is 23.2 Å². The minimum absolute atomic E-state index is 0.0224. The van der Waals surface area contributed by atoms with E-state index < -0.39 is 17.6 Å². The summed E-state index contributed by atoms with van der Waals surface area (Å²) in [4.78, 5) is 14.3. The maximum absolute atomic E-state index is 13.8. The van der Waals surface area contributed by atoms with Gasteiger partial charge in [0.1, 0.15) is 5.82 Å². The van der Waals surface area contributed by atoms with Gasteiger partial charge in [0.25, 0.3) is 0 Å². The first-order valence-electron chi connectivity index (χ1n) is 5.41. The lowest BCUT2D eigenvalue weighted by atomic mass is 10.1. The van der Waals surface area contributed by atoms with Crippen LogP contribution in [0.15, 0.2) is 24.4 Å². The molecule has 110 valence electrons. The summed E-state index contributed by atoms with van der Waals surface area (Å²) < 4.78 is 51.4. The number of alkyl halides is 3. The quantitative estimate of drug-likeness (QED) is 0.568. The van der Waals surface area contributed by atoms with Crippen molar-refractivity contribution in [2.75, 3.05) is 0 Å². The molecule has 1 aromatic carbocycles. The molecule has 0 unspecified atom stereocenters. The summed E-state index contributed by atoms with van der Waals surface area (Å²) in [6.07, 6.45) is -3.68. The van der Waals surface area contributed by atoms with E-state index in [4.69, 9.17) is 23.2 Å². The number of rotatable bonds is 2. The van der Waals surface area contributed by atoms with Crippen molar-refractivity contribution >= 4 is 29.5 Å². The number of aromatic nitrogens is 1. The summed E-state index contributed by atoms with van der Waals surface area (Å²) in [7, 11) is 0. The third kappa shape index (κ3) is 3.16. The molecule has 0 aliphatic rings. The summed E-state index contributed by atoms with van der Waals surface area (Å²) >= 11 is 11.4. The summed E-state index contributed by atoms with van der Waals surface area (Å²) in [5.74, 6) is -0.847. The van der Waals surface area contributed by atoms with Gasteiger partial charge < -0.3 is 0 Å². The SMILES string of the molecule is O=Cc1cc(-c2ncc(C(F)(F)F)cc2Cl)c(F)cc1Cl. The molecule has 0 saturated carbocycles. The van der Waals surface area contributed by atoms with Crippen LogP contribution in [0.3, 0.4) is 0 Å². The topological polar surface area (TPSA) is 30.0 Å². The van der Waals surface area contributed by atoms with Crippen molar-refractivity contribution in [3.63, 3.8) is 0 Å². The van der Waals surface area contributed by atoms with Crippen LogP contribution in [0.25, 0.3) is 11.3 Å². The highest BCUT2D eigenvalue weighted by Crippen LogP contribution is 2.35. The molecular weight excluding hydrogens is 333 g/mol. The number of nitrogens with zero attached hydrogens (tertiary/aromatic N) is 1. The predicted molar refractivity (Wildman–Crippen MR) is 70.0 cm³/mol. The predicted octanol–water partition coefficient (Wildman–Crippen LogP) is 5.03. The van der Waals surface area contributed by atoms with Crippen molar-refractivity contribution in [3.8, 4) is 11.3 Å². The Morgan fingerprint density at radius 3 is 2.29 bits per heavy atom. The Bertz CT molecular complexity index is 716. The molecule has 21 heavy (non-hydrogen) atoms. The van der Waals surface area contributed by atoms with E-state index in [9.17, 15) is 22.4 Å². The average molecular weight is 338 g/mol. The van der Waals surface area contributed by atoms with Crippen LogP contribution in [0.2, 0.25) is 10.0 Å². The zero-order valence-corrected chi connectivity index (χ0v) is 11.5. The van der Waals surface area contributed by atoms with Gasteiger partial charge in [-0.2, -0.15) is 13.2 Å². The van der Waals surface area contributed by atoms with Gasteiger partial charge in [0.2, 0.25) is 0 Å². The summed E-state index contributed by atoms with van der Waals surface area (Å²) in [5, 5.41) is -0.503. The molecule has 2 nitrogen and oxygen atoms in total. The minimum atomic E-state index is -4.61. The minimum Gasteiger partial charge on any atom is -0.298 e. The summed E-state index contributed by atoms with van der Waals surface area (Å²) in [5.41, 5.74) is -1.49. The number of carbonyl (C=O) groups is 1. The van der Waals surface area contributed by atoms with Crippen LogP contribution in [0.4, 0.5) is 17.6 Å². The molecule has 0 amide bonds. The lowest BCUT2D eigenvalue weighted by Gasteiger charge is -2.10. The lowest BCUT2D eigenvalue weighted by Crippen LogP contribution is -2.06. The first-order valence-corrected chi connectivity index (χ1v) is 6.17. The van der Waals surface area contributed by atoms with E-state index >= 15 is 0 Å². The summed E-state index contributed by atoms with van der Waals surface area (Å²) in [6.45, 7) is 0. The second-order valence-electron chi connectivity index (χ2n) is 4.02. The molecule has 0 aliphatic heterocycles. The molecule has 0 fully saturated rings. The van der Waals surface area contributed by atoms with E-state index in [1.54, 1.807) is 0 Å². The van der Waals surface area contributed by atoms with Crippen molar-refractivity contribution in [1.82, 2.24) is 4.98 Å². The lowest BCUT2D eigenvalue weighted by molar-refractivity contribution is -0.137. The van der Waals surface area contributed by atoms with Gasteiger partial charge in [0, 0.05) is 17.3 Å². The molecule has 0 bridgehead atoms. The van der Waals surface area contributed by atoms with Gasteiger partial charge in [-0.3, -0.25) is 9.78 Å². The zero-order valence-electron chi connectivity index (χ0n) is 10.0. The van der Waals surface area contributed by atoms with Crippen LogP contribution in [0.1, 0.15) is 15.9 Å². The maximum atomic E-state index is 13.8. The van der Waals surface area contributed by atoms with Crippen molar-refractivity contribution in [2.24, 2.45) is 0 Å². The molecule has 0 N–H and O–H groups in total. The Balaban J connectivity index is 2.60. The van der Waals surface area contributed by atoms with Gasteiger partial charge in [-0.05, 0) is 18.2 Å². The van der Waals surface area contributed by atoms with E-state index in [0.29, 0.717) is 18.5 Å². The van der Waals surface area contributed by atoms with E-state index in [1.165, 1.54) is 0 Å². The molecule has 0 radical (unpaired) electrons. The molecule has 1 aromatic heterocycles. The number of aldehydes is 1. The van der Waals surface area contributed by atoms with E-state index in [0.717, 1.165) is 12.1 Å². The normalized spacial score (nSPS) is 11.5. The van der Waals surface area contributed by atoms with Crippen molar-refractivity contribution < 1.29 is 22.4 Å². The molecular formula is C13H5Cl2F4NO. The van der Waals surface area contributed by atoms with E-state index in [2.05, 4.69) is 4.98 Å². The molecule has 0 spiro atoms. The van der Waals surface area contributed by atoms with E-state index in [1.807, 2.05) is 0 Å². The second kappa shape index (κ2) is 5.61. The van der Waals surface area contributed by atoms with Crippen molar-refractivity contribution in [3.05, 3.63) is 51.4 Å². The van der Waals surface area contributed by atoms with Crippen LogP contribution in [-0.4, -0.2) is 11.3 Å². The Morgan fingerprint density at radius 1 is 1.10 bits per heavy atom. The fraction of sp³-hybridized carbons (Fsp3) is 0.0769. The van der Waals surface area contributed by atoms with Crippen LogP contribution < -0.4 is 0 Å². The van der Waals surface area contributed by atoms with Gasteiger partial charge in [0.05, 0.1) is 21.3 Å². The Labute approximate surface area is 126 Å². The molecule has 1 heterocycles. The number of hydrogen-bond acceptors (Lipinski definition) is 2. The van der Waals surface area contributed by atoms with Crippen molar-refractivity contribution in [1.29, 1.82) is 0 Å². The highest BCUT2D eigenvalue weighted by atomic mass is 35.5. The Kier molecular flexibility index (Phi) is 4.20. The highest BCUT2D eigenvalue weighted by Gasteiger charge is 2.32. The van der Waals surface area contributed by atoms with Crippen LogP contribution in [0.5, 0.6) is 0 Å². The fourth-order valence-corrected chi connectivity index (χ4v) is 2.09. The molecule has 2 rings (SSSR count). The second-order valence-corrected chi connectivity index (χ2v) is 4.84. The number of hydrogen-bond donors (Lipinski definition) is 0. The zero-order chi connectivity index (χ0) is 15.8. The number of benzene rings is 1. The Morgan fingerprint density at radius 2 is 1.76 bits per heavy atom. The highest BCUT2D eigenvalue weighted by molar-refractivity contribution is 6.34. The third-order valence-electron chi connectivity index (χ3n) is 2.64. The standard InChI is InChI=1S/C13H5Cl2F4NO/c14-9-3-11(16)8(1-6(9)5-21)12-10(15)2-7(4-20-12)13(17,18)19/h1-5H. The number of carbonyl (C=O) groups excluding carboxylic acids is 1. The molecule has 0 aliphatic carbocycles. The maximum Gasteiger partial charge on any atom is 0.417 e. The van der Waals surface area contributed by atoms with Gasteiger partial charge in [-0.15, -0.1) is 0 Å². The molecule has 0 atom stereocenters. The van der Waals surface area contributed by atoms with Gasteiger partial charge in [-0.25, -0.2) is 4.39 Å². The van der Waals surface area contributed by atoms with Gasteiger partial charge >= 0.3 is 6.18 Å². The van der Waals surface area contributed by atoms with Crippen LogP contribution in [-0.2, 0) is 6.18 Å². The molecule has 0 saturated heterocycles. The number of pyridine rings is 1. The largest absolute Gasteiger partial charge is 0.417 e. The Hall–Kier alpha value is -1.66. The first kappa shape index (κ1) is 15.7. The third-order valence-corrected chi connectivity index (χ3v) is 3.25. The fourth-order valence-electron chi connectivity index (χ4n) is 1.63. The average Bonchev–Trinajstić information content (AvgIpc) is 2.38. The molecule has 2 aromatic rings. The molecule has 8 heteroatoms. The first-order chi connectivity index (χ1) is 9.74. The number of halogens is 6. The van der Waals surface area contributed by atoms with Crippen molar-refractivity contribution in [2.45, 2.75) is 6.18 Å². The van der Waals surface area contributed by atoms with E-state index in [-0.39, 0.29) is 26.9 Å². The van der Waals surface area contributed by atoms with Crippen LogP contribution in [0, 0.1) is 5.82 Å². The van der Waals surface area contributed by atoms with Gasteiger partial charge in [0.15, 0.2) is 6.29 Å².